The summed E-state index contributed by atoms with van der Waals surface area (Å²) in [5.41, 5.74) is 2.06. The van der Waals surface area contributed by atoms with Gasteiger partial charge in [0.25, 0.3) is 11.8 Å². The van der Waals surface area contributed by atoms with E-state index in [0.717, 1.165) is 30.6 Å². The maximum absolute atomic E-state index is 14.1. The molecule has 3 aromatic rings. The van der Waals surface area contributed by atoms with Crippen LogP contribution >= 0.6 is 0 Å². The summed E-state index contributed by atoms with van der Waals surface area (Å²) in [6, 6.07) is -0.415. The summed E-state index contributed by atoms with van der Waals surface area (Å²) in [6.45, 7) is 0.374. The van der Waals surface area contributed by atoms with Crippen molar-refractivity contribution in [3.63, 3.8) is 0 Å². The van der Waals surface area contributed by atoms with Crippen LogP contribution in [-0.4, -0.2) is 86.7 Å². The van der Waals surface area contributed by atoms with Crippen LogP contribution < -0.4 is 10.6 Å². The molecule has 3 aliphatic rings. The number of carbonyl (C=O) groups is 2. The van der Waals surface area contributed by atoms with Crippen molar-refractivity contribution in [2.24, 2.45) is 0 Å². The number of methoxy groups -OCH3 is 1. The van der Waals surface area contributed by atoms with Crippen LogP contribution in [0.2, 0.25) is 0 Å². The maximum atomic E-state index is 14.1. The zero-order chi connectivity index (χ0) is 28.0. The molecule has 3 fully saturated rings. The van der Waals surface area contributed by atoms with Crippen molar-refractivity contribution in [2.45, 2.75) is 68.7 Å². The van der Waals surface area contributed by atoms with Crippen molar-refractivity contribution in [2.75, 3.05) is 26.8 Å². The topological polar surface area (TPSA) is 149 Å². The van der Waals surface area contributed by atoms with Crippen molar-refractivity contribution in [1.29, 1.82) is 0 Å². The predicted octanol–water partition coefficient (Wildman–Crippen LogP) is 2.38. The van der Waals surface area contributed by atoms with Gasteiger partial charge < -0.3 is 25.0 Å². The molecule has 13 nitrogen and oxygen atoms in total. The Labute approximate surface area is 227 Å². The summed E-state index contributed by atoms with van der Waals surface area (Å²) >= 11 is 0. The van der Waals surface area contributed by atoms with Gasteiger partial charge >= 0.3 is 6.03 Å². The van der Waals surface area contributed by atoms with Crippen LogP contribution in [0.15, 0.2) is 23.1 Å². The van der Waals surface area contributed by atoms with E-state index in [4.69, 9.17) is 19.1 Å². The summed E-state index contributed by atoms with van der Waals surface area (Å²) < 4.78 is 46.0. The number of aromatic nitrogens is 5. The Morgan fingerprint density at radius 2 is 2.10 bits per heavy atom. The van der Waals surface area contributed by atoms with E-state index in [9.17, 15) is 18.4 Å². The molecule has 0 bridgehead atoms. The average Bonchev–Trinajstić information content (AvgIpc) is 3.85. The largest absolute Gasteiger partial charge is 0.382 e. The zero-order valence-corrected chi connectivity index (χ0v) is 22.0. The maximum Gasteiger partial charge on any atom is 0.318 e. The number of fused-ring (bicyclic) bond motifs is 1. The van der Waals surface area contributed by atoms with E-state index in [2.05, 4.69) is 26.0 Å². The molecule has 0 aromatic carbocycles. The Morgan fingerprint density at radius 1 is 1.30 bits per heavy atom. The highest BCUT2D eigenvalue weighted by Gasteiger charge is 2.42. The second-order valence-corrected chi connectivity index (χ2v) is 10.6. The fraction of sp³-hybridized carbons (Fsp3) is 0.600. The molecular formula is C25H30F2N8O5. The standard InChI is InChI=1S/C25H30F2N8O5/c1-13(39-16-5-6-16)20(31-23(36)22-21(14-3-4-14)32-40-33-22)17-9-35-19(30-17)7-15(8-29-35)18(10-38-2)34-12-25(26,27)11-28-24(34)37/h7-9,13-14,16,18,20H,3-6,10-12H2,1-2H3,(H,28,37)(H,31,36)/t13-,18+,20-/m0/s1. The van der Waals surface area contributed by atoms with E-state index in [0.29, 0.717) is 22.6 Å². The van der Waals surface area contributed by atoms with Gasteiger partial charge in [-0.05, 0) is 43.8 Å². The predicted molar refractivity (Wildman–Crippen MR) is 133 cm³/mol. The number of nitrogens with one attached hydrogen (secondary N) is 2. The summed E-state index contributed by atoms with van der Waals surface area (Å²) in [4.78, 5) is 31.5. The highest BCUT2D eigenvalue weighted by Crippen LogP contribution is 2.40. The third-order valence-electron chi connectivity index (χ3n) is 7.31. The number of hydrogen-bond donors (Lipinski definition) is 2. The fourth-order valence-corrected chi connectivity index (χ4v) is 4.91. The van der Waals surface area contributed by atoms with Gasteiger partial charge in [-0.2, -0.15) is 5.10 Å². The second kappa shape index (κ2) is 10.4. The van der Waals surface area contributed by atoms with Crippen molar-refractivity contribution in [3.8, 4) is 0 Å². The number of amides is 3. The van der Waals surface area contributed by atoms with E-state index in [1.54, 1.807) is 12.3 Å². The third-order valence-corrected chi connectivity index (χ3v) is 7.31. The minimum absolute atomic E-state index is 0.0189. The first-order valence-electron chi connectivity index (χ1n) is 13.3. The fourth-order valence-electron chi connectivity index (χ4n) is 4.91. The van der Waals surface area contributed by atoms with Crippen molar-refractivity contribution >= 4 is 17.6 Å². The van der Waals surface area contributed by atoms with Gasteiger partial charge in [0, 0.05) is 18.6 Å². The highest BCUT2D eigenvalue weighted by molar-refractivity contribution is 5.93. The van der Waals surface area contributed by atoms with Crippen molar-refractivity contribution < 1.29 is 32.5 Å². The molecule has 1 aliphatic heterocycles. The van der Waals surface area contributed by atoms with Gasteiger partial charge in [-0.1, -0.05) is 5.16 Å². The second-order valence-electron chi connectivity index (χ2n) is 10.6. The summed E-state index contributed by atoms with van der Waals surface area (Å²) in [5.74, 6) is -3.35. The van der Waals surface area contributed by atoms with Crippen LogP contribution in [0, 0.1) is 0 Å². The molecule has 2 aliphatic carbocycles. The number of urea groups is 1. The van der Waals surface area contributed by atoms with Gasteiger partial charge in [0.2, 0.25) is 0 Å². The molecule has 6 rings (SSSR count). The molecule has 2 N–H and O–H groups in total. The number of hydrogen-bond acceptors (Lipinski definition) is 9. The van der Waals surface area contributed by atoms with E-state index in [-0.39, 0.29) is 24.3 Å². The molecule has 1 saturated heterocycles. The van der Waals surface area contributed by atoms with E-state index in [1.165, 1.54) is 17.8 Å². The molecule has 3 atom stereocenters. The normalized spacial score (nSPS) is 21.2. The van der Waals surface area contributed by atoms with Crippen LogP contribution in [-0.2, 0) is 9.47 Å². The molecule has 3 amide bonds. The van der Waals surface area contributed by atoms with Gasteiger partial charge in [-0.25, -0.2) is 27.7 Å². The summed E-state index contributed by atoms with van der Waals surface area (Å²) in [6.07, 6.45) is 6.62. The van der Waals surface area contributed by atoms with Crippen LogP contribution in [0.25, 0.3) is 5.65 Å². The average molecular weight is 561 g/mol. The Balaban J connectivity index is 1.29. The molecule has 0 unspecified atom stereocenters. The lowest BCUT2D eigenvalue weighted by Crippen LogP contribution is -2.58. The lowest BCUT2D eigenvalue weighted by atomic mass is 10.1. The number of carbonyl (C=O) groups excluding carboxylic acids is 2. The number of rotatable bonds is 11. The minimum Gasteiger partial charge on any atom is -0.382 e. The first kappa shape index (κ1) is 26.5. The molecule has 0 radical (unpaired) electrons. The highest BCUT2D eigenvalue weighted by atomic mass is 19.3. The molecule has 15 heteroatoms. The first-order chi connectivity index (χ1) is 19.2. The first-order valence-corrected chi connectivity index (χ1v) is 13.3. The monoisotopic (exact) mass is 560 g/mol. The van der Waals surface area contributed by atoms with Gasteiger partial charge in [0.15, 0.2) is 11.3 Å². The Hall–Kier alpha value is -3.72. The summed E-state index contributed by atoms with van der Waals surface area (Å²) in [5, 5.41) is 17.4. The van der Waals surface area contributed by atoms with Gasteiger partial charge in [0.1, 0.15) is 5.69 Å². The number of halogens is 2. The molecule has 3 aromatic heterocycles. The Kier molecular flexibility index (Phi) is 6.86. The summed E-state index contributed by atoms with van der Waals surface area (Å²) in [7, 11) is 1.43. The SMILES string of the molecule is COC[C@H](c1cnn2cc([C@@H](NC(=O)c3nonc3C3CC3)[C@H](C)OC3CC3)nc2c1)N1CC(F)(F)CNC1=O. The molecule has 2 saturated carbocycles. The van der Waals surface area contributed by atoms with E-state index in [1.807, 2.05) is 6.92 Å². The molecule has 4 heterocycles. The minimum atomic E-state index is -3.08. The van der Waals surface area contributed by atoms with E-state index >= 15 is 0 Å². The van der Waals surface area contributed by atoms with Crippen LogP contribution in [0.4, 0.5) is 13.6 Å². The van der Waals surface area contributed by atoms with Gasteiger partial charge in [-0.15, -0.1) is 0 Å². The van der Waals surface area contributed by atoms with Crippen molar-refractivity contribution in [3.05, 3.63) is 41.1 Å². The smallest absolute Gasteiger partial charge is 0.318 e. The Morgan fingerprint density at radius 3 is 2.83 bits per heavy atom. The van der Waals surface area contributed by atoms with Gasteiger partial charge in [0.05, 0.1) is 62.1 Å². The molecule has 0 spiro atoms. The molecule has 40 heavy (non-hydrogen) atoms. The Bertz CT molecular complexity index is 1400. The number of imidazole rings is 1. The number of nitrogens with zero attached hydrogens (tertiary/aromatic N) is 6. The number of ether oxygens (including phenoxy) is 2. The van der Waals surface area contributed by atoms with E-state index < -0.39 is 49.1 Å². The lowest BCUT2D eigenvalue weighted by Gasteiger charge is -2.38. The lowest BCUT2D eigenvalue weighted by molar-refractivity contribution is -0.0509. The third kappa shape index (κ3) is 5.47. The number of alkyl halides is 2. The molecule has 214 valence electrons. The van der Waals surface area contributed by atoms with Gasteiger partial charge in [-0.3, -0.25) is 4.79 Å². The zero-order valence-electron chi connectivity index (χ0n) is 22.0. The van der Waals surface area contributed by atoms with Crippen molar-refractivity contribution in [1.82, 2.24) is 40.4 Å². The molecular weight excluding hydrogens is 530 g/mol. The van der Waals surface area contributed by atoms with Crippen LogP contribution in [0.3, 0.4) is 0 Å². The van der Waals surface area contributed by atoms with Crippen LogP contribution in [0.5, 0.6) is 0 Å². The van der Waals surface area contributed by atoms with Crippen LogP contribution in [0.1, 0.15) is 78.0 Å². The quantitative estimate of drug-likeness (QED) is 0.360.